The number of hydrogen-bond acceptors (Lipinski definition) is 3. The summed E-state index contributed by atoms with van der Waals surface area (Å²) in [6.07, 6.45) is 0. The number of amides is 2. The Kier molecular flexibility index (Phi) is 4.94. The van der Waals surface area contributed by atoms with Crippen LogP contribution in [0.3, 0.4) is 0 Å². The van der Waals surface area contributed by atoms with Gasteiger partial charge in [0.1, 0.15) is 5.58 Å². The summed E-state index contributed by atoms with van der Waals surface area (Å²) in [4.78, 5) is 26.2. The van der Waals surface area contributed by atoms with Gasteiger partial charge in [-0.1, -0.05) is 23.2 Å². The molecule has 0 radical (unpaired) electrons. The van der Waals surface area contributed by atoms with Gasteiger partial charge in [0.25, 0.3) is 11.8 Å². The molecule has 0 spiro atoms. The highest BCUT2D eigenvalue weighted by Crippen LogP contribution is 2.29. The summed E-state index contributed by atoms with van der Waals surface area (Å²) in [7, 11) is 3.26. The summed E-state index contributed by atoms with van der Waals surface area (Å²) in [5.74, 6) is -0.473. The lowest BCUT2D eigenvalue weighted by Gasteiger charge is -2.13. The Bertz CT molecular complexity index is 1030. The van der Waals surface area contributed by atoms with Crippen LogP contribution < -0.4 is 5.32 Å². The van der Waals surface area contributed by atoms with Gasteiger partial charge >= 0.3 is 0 Å². The van der Waals surface area contributed by atoms with E-state index in [0.29, 0.717) is 32.4 Å². The van der Waals surface area contributed by atoms with Crippen LogP contribution in [0.25, 0.3) is 11.0 Å². The number of aryl methyl sites for hydroxylation is 1. The molecule has 0 atom stereocenters. The van der Waals surface area contributed by atoms with Crippen molar-refractivity contribution in [1.29, 1.82) is 0 Å². The van der Waals surface area contributed by atoms with Crippen LogP contribution in [0.15, 0.2) is 40.8 Å². The molecule has 0 saturated carbocycles. The van der Waals surface area contributed by atoms with Crippen molar-refractivity contribution in [1.82, 2.24) is 4.90 Å². The highest BCUT2D eigenvalue weighted by Gasteiger charge is 2.19. The number of furan rings is 1. The summed E-state index contributed by atoms with van der Waals surface area (Å²) in [5, 5.41) is 4.40. The lowest BCUT2D eigenvalue weighted by Crippen LogP contribution is -2.22. The third-order valence-electron chi connectivity index (χ3n) is 3.97. The van der Waals surface area contributed by atoms with E-state index >= 15 is 0 Å². The summed E-state index contributed by atoms with van der Waals surface area (Å²) >= 11 is 12.1. The lowest BCUT2D eigenvalue weighted by atomic mass is 10.1. The molecule has 26 heavy (non-hydrogen) atoms. The summed E-state index contributed by atoms with van der Waals surface area (Å²) in [5.41, 5.74) is 2.03. The molecule has 7 heteroatoms. The standard InChI is InChI=1S/C19H16Cl2N2O3/c1-10-13-8-11(20)4-7-16(13)26-17(10)18(24)22-12-5-6-15(21)14(9-12)19(25)23(2)3/h4-9H,1-3H3,(H,22,24). The Hall–Kier alpha value is -2.50. The first-order valence-corrected chi connectivity index (χ1v) is 8.54. The number of halogens is 2. The fourth-order valence-electron chi connectivity index (χ4n) is 2.61. The summed E-state index contributed by atoms with van der Waals surface area (Å²) in [6.45, 7) is 1.79. The minimum atomic E-state index is -0.416. The number of carbonyl (C=O) groups is 2. The molecule has 2 aromatic carbocycles. The van der Waals surface area contributed by atoms with Gasteiger partial charge in [-0.05, 0) is 43.3 Å². The zero-order valence-electron chi connectivity index (χ0n) is 14.4. The van der Waals surface area contributed by atoms with Gasteiger partial charge in [0.15, 0.2) is 5.76 Å². The fraction of sp³-hybridized carbons (Fsp3) is 0.158. The largest absolute Gasteiger partial charge is 0.451 e. The van der Waals surface area contributed by atoms with Crippen LogP contribution in [0.2, 0.25) is 10.0 Å². The Balaban J connectivity index is 1.92. The zero-order valence-corrected chi connectivity index (χ0v) is 15.9. The molecule has 0 aliphatic heterocycles. The van der Waals surface area contributed by atoms with Crippen LogP contribution in [0.1, 0.15) is 26.5 Å². The van der Waals surface area contributed by atoms with E-state index in [1.165, 1.54) is 11.0 Å². The molecule has 1 N–H and O–H groups in total. The van der Waals surface area contributed by atoms with Crippen LogP contribution in [-0.4, -0.2) is 30.8 Å². The third-order valence-corrected chi connectivity index (χ3v) is 4.53. The predicted octanol–water partition coefficient (Wildman–Crippen LogP) is 5.00. The molecule has 0 fully saturated rings. The molecule has 2 amide bonds. The van der Waals surface area contributed by atoms with Crippen molar-refractivity contribution in [3.63, 3.8) is 0 Å². The second-order valence-electron chi connectivity index (χ2n) is 6.04. The van der Waals surface area contributed by atoms with Gasteiger partial charge in [-0.25, -0.2) is 0 Å². The second-order valence-corrected chi connectivity index (χ2v) is 6.89. The Morgan fingerprint density at radius 3 is 2.50 bits per heavy atom. The molecule has 0 aliphatic carbocycles. The highest BCUT2D eigenvalue weighted by atomic mass is 35.5. The molecule has 0 aliphatic rings. The Labute approximate surface area is 160 Å². The smallest absolute Gasteiger partial charge is 0.291 e. The van der Waals surface area contributed by atoms with Crippen molar-refractivity contribution in [2.75, 3.05) is 19.4 Å². The number of fused-ring (bicyclic) bond motifs is 1. The highest BCUT2D eigenvalue weighted by molar-refractivity contribution is 6.34. The first kappa shape index (κ1) is 18.3. The lowest BCUT2D eigenvalue weighted by molar-refractivity contribution is 0.0827. The third kappa shape index (κ3) is 3.41. The maximum absolute atomic E-state index is 12.6. The molecule has 5 nitrogen and oxygen atoms in total. The van der Waals surface area contributed by atoms with E-state index in [-0.39, 0.29) is 11.7 Å². The molecule has 0 bridgehead atoms. The van der Waals surface area contributed by atoms with Crippen LogP contribution in [0.4, 0.5) is 5.69 Å². The minimum absolute atomic E-state index is 0.192. The molecule has 3 rings (SSSR count). The van der Waals surface area contributed by atoms with Crippen LogP contribution in [-0.2, 0) is 0 Å². The van der Waals surface area contributed by atoms with Crippen LogP contribution >= 0.6 is 23.2 Å². The Morgan fingerprint density at radius 2 is 1.81 bits per heavy atom. The number of rotatable bonds is 3. The van der Waals surface area contributed by atoms with Crippen molar-refractivity contribution in [3.8, 4) is 0 Å². The molecular weight excluding hydrogens is 375 g/mol. The molecule has 0 saturated heterocycles. The van der Waals surface area contributed by atoms with Gasteiger partial charge in [0.05, 0.1) is 10.6 Å². The molecule has 3 aromatic rings. The van der Waals surface area contributed by atoms with E-state index in [9.17, 15) is 9.59 Å². The number of nitrogens with zero attached hydrogens (tertiary/aromatic N) is 1. The number of anilines is 1. The predicted molar refractivity (Wildman–Crippen MR) is 103 cm³/mol. The summed E-state index contributed by atoms with van der Waals surface area (Å²) in [6, 6.07) is 9.91. The average Bonchev–Trinajstić information content (AvgIpc) is 2.92. The first-order valence-electron chi connectivity index (χ1n) is 7.79. The average molecular weight is 391 g/mol. The van der Waals surface area contributed by atoms with Gasteiger partial charge in [0, 0.05) is 35.8 Å². The van der Waals surface area contributed by atoms with E-state index in [2.05, 4.69) is 5.32 Å². The number of carbonyl (C=O) groups excluding carboxylic acids is 2. The summed E-state index contributed by atoms with van der Waals surface area (Å²) < 4.78 is 5.66. The topological polar surface area (TPSA) is 62.6 Å². The molecular formula is C19H16Cl2N2O3. The van der Waals surface area contributed by atoms with Crippen molar-refractivity contribution >= 4 is 51.7 Å². The normalized spacial score (nSPS) is 10.8. The monoisotopic (exact) mass is 390 g/mol. The SMILES string of the molecule is Cc1c(C(=O)Nc2ccc(Cl)c(C(=O)N(C)C)c2)oc2ccc(Cl)cc12. The van der Waals surface area contributed by atoms with Crippen molar-refractivity contribution in [2.45, 2.75) is 6.92 Å². The second kappa shape index (κ2) is 7.02. The first-order chi connectivity index (χ1) is 12.3. The van der Waals surface area contributed by atoms with Crippen molar-refractivity contribution in [2.24, 2.45) is 0 Å². The van der Waals surface area contributed by atoms with Crippen molar-refractivity contribution in [3.05, 3.63) is 63.3 Å². The maximum atomic E-state index is 12.6. The van der Waals surface area contributed by atoms with E-state index in [1.807, 2.05) is 0 Å². The van der Waals surface area contributed by atoms with E-state index in [1.54, 1.807) is 51.4 Å². The van der Waals surface area contributed by atoms with Gasteiger partial charge < -0.3 is 14.6 Å². The molecule has 134 valence electrons. The number of nitrogens with one attached hydrogen (secondary N) is 1. The van der Waals surface area contributed by atoms with E-state index in [4.69, 9.17) is 27.6 Å². The van der Waals surface area contributed by atoms with Gasteiger partial charge in [0.2, 0.25) is 0 Å². The van der Waals surface area contributed by atoms with Gasteiger partial charge in [-0.2, -0.15) is 0 Å². The van der Waals surface area contributed by atoms with Gasteiger partial charge in [-0.15, -0.1) is 0 Å². The molecule has 1 aromatic heterocycles. The molecule has 0 unspecified atom stereocenters. The van der Waals surface area contributed by atoms with Crippen molar-refractivity contribution < 1.29 is 14.0 Å². The quantitative estimate of drug-likeness (QED) is 0.683. The zero-order chi connectivity index (χ0) is 19.0. The number of hydrogen-bond donors (Lipinski definition) is 1. The van der Waals surface area contributed by atoms with Crippen LogP contribution in [0, 0.1) is 6.92 Å². The molecule has 1 heterocycles. The fourth-order valence-corrected chi connectivity index (χ4v) is 2.98. The minimum Gasteiger partial charge on any atom is -0.451 e. The maximum Gasteiger partial charge on any atom is 0.291 e. The van der Waals surface area contributed by atoms with E-state index < -0.39 is 5.91 Å². The Morgan fingerprint density at radius 1 is 1.08 bits per heavy atom. The number of benzene rings is 2. The van der Waals surface area contributed by atoms with Crippen LogP contribution in [0.5, 0.6) is 0 Å². The van der Waals surface area contributed by atoms with E-state index in [0.717, 1.165) is 5.39 Å². The van der Waals surface area contributed by atoms with Gasteiger partial charge in [-0.3, -0.25) is 9.59 Å².